The van der Waals surface area contributed by atoms with E-state index in [0.29, 0.717) is 11.3 Å². The average Bonchev–Trinajstić information content (AvgIpc) is 3.49. The van der Waals surface area contributed by atoms with E-state index in [1.165, 1.54) is 16.8 Å². The van der Waals surface area contributed by atoms with Gasteiger partial charge in [-0.15, -0.1) is 0 Å². The fraction of sp³-hybridized carbons (Fsp3) is 0. The van der Waals surface area contributed by atoms with Gasteiger partial charge in [0.25, 0.3) is 5.69 Å². The molecule has 11 heteroatoms. The van der Waals surface area contributed by atoms with Crippen molar-refractivity contribution >= 4 is 39.0 Å². The van der Waals surface area contributed by atoms with Crippen LogP contribution in [-0.4, -0.2) is 29.6 Å². The summed E-state index contributed by atoms with van der Waals surface area (Å²) in [5, 5.41) is 27.8. The minimum absolute atomic E-state index is 0.110. The van der Waals surface area contributed by atoms with Gasteiger partial charge >= 0.3 is 5.69 Å². The van der Waals surface area contributed by atoms with Crippen molar-refractivity contribution in [3.05, 3.63) is 127 Å². The number of nitro benzene ring substituents is 2. The summed E-state index contributed by atoms with van der Waals surface area (Å²) in [6.45, 7) is 0. The van der Waals surface area contributed by atoms with Crippen LogP contribution in [0, 0.1) is 20.2 Å². The van der Waals surface area contributed by atoms with Crippen molar-refractivity contribution in [2.24, 2.45) is 0 Å². The Kier molecular flexibility index (Phi) is 5.61. The highest BCUT2D eigenvalue weighted by atomic mass is 79.9. The Bertz CT molecular complexity index is 1750. The molecule has 184 valence electrons. The van der Waals surface area contributed by atoms with Crippen LogP contribution in [0.4, 0.5) is 11.4 Å². The number of aromatic nitrogens is 4. The van der Waals surface area contributed by atoms with Gasteiger partial charge < -0.3 is 0 Å². The Morgan fingerprint density at radius 1 is 0.816 bits per heavy atom. The van der Waals surface area contributed by atoms with E-state index >= 15 is 0 Å². The smallest absolute Gasteiger partial charge is 0.258 e. The number of halogens is 1. The molecule has 0 atom stereocenters. The topological polar surface area (TPSA) is 130 Å². The zero-order valence-corrected chi connectivity index (χ0v) is 20.9. The van der Waals surface area contributed by atoms with Crippen molar-refractivity contribution < 1.29 is 9.85 Å². The lowest BCUT2D eigenvalue weighted by Gasteiger charge is -2.03. The van der Waals surface area contributed by atoms with E-state index in [0.717, 1.165) is 44.2 Å². The van der Waals surface area contributed by atoms with E-state index in [1.54, 1.807) is 18.6 Å². The number of non-ortho nitro benzene ring substituents is 1. The lowest BCUT2D eigenvalue weighted by Crippen LogP contribution is -2.02. The van der Waals surface area contributed by atoms with Crippen LogP contribution in [-0.2, 0) is 0 Å². The number of hydrogen-bond acceptors (Lipinski definition) is 7. The van der Waals surface area contributed by atoms with Gasteiger partial charge in [-0.25, -0.2) is 4.68 Å². The number of hydrogen-bond donors (Lipinski definition) is 0. The van der Waals surface area contributed by atoms with Crippen molar-refractivity contribution in [3.63, 3.8) is 0 Å². The molecule has 0 saturated heterocycles. The predicted octanol–water partition coefficient (Wildman–Crippen LogP) is 6.48. The minimum Gasteiger partial charge on any atom is -0.258 e. The largest absolute Gasteiger partial charge is 0.301 e. The standard InChI is InChI=1S/C27H15BrN6O4/c28-18-7-5-16(6-8-18)25-17(13-22-20-3-1-11-29-26(20)27-21(22)4-2-12-30-27)15-32(31-25)23-10-9-19(33(35)36)14-24(23)34(37)38/h1-15H. The van der Waals surface area contributed by atoms with Crippen LogP contribution in [0.25, 0.3) is 40.0 Å². The molecule has 3 aromatic heterocycles. The molecule has 1 aliphatic rings. The number of fused-ring (bicyclic) bond motifs is 3. The molecule has 0 N–H and O–H groups in total. The van der Waals surface area contributed by atoms with Crippen molar-refractivity contribution in [2.45, 2.75) is 0 Å². The highest BCUT2D eigenvalue weighted by Crippen LogP contribution is 2.43. The maximum Gasteiger partial charge on any atom is 0.301 e. The van der Waals surface area contributed by atoms with E-state index < -0.39 is 15.5 Å². The zero-order chi connectivity index (χ0) is 26.4. The third kappa shape index (κ3) is 3.95. The SMILES string of the molecule is O=[N+]([O-])c1ccc(-n2cc(C=C3c4cccnc4-c4ncccc43)c(-c3ccc(Br)cc3)n2)c([N+](=O)[O-])c1. The quantitative estimate of drug-likeness (QED) is 0.172. The second kappa shape index (κ2) is 9.12. The molecule has 0 radical (unpaired) electrons. The first-order chi connectivity index (χ1) is 18.4. The lowest BCUT2D eigenvalue weighted by atomic mass is 10.0. The van der Waals surface area contributed by atoms with Crippen LogP contribution >= 0.6 is 15.9 Å². The van der Waals surface area contributed by atoms with E-state index in [1.807, 2.05) is 54.6 Å². The molecular weight excluding hydrogens is 552 g/mol. The van der Waals surface area contributed by atoms with Crippen LogP contribution in [0.2, 0.25) is 0 Å². The van der Waals surface area contributed by atoms with Crippen molar-refractivity contribution in [3.8, 4) is 28.3 Å². The fourth-order valence-electron chi connectivity index (χ4n) is 4.49. The first-order valence-electron chi connectivity index (χ1n) is 11.3. The maximum atomic E-state index is 11.8. The molecule has 38 heavy (non-hydrogen) atoms. The summed E-state index contributed by atoms with van der Waals surface area (Å²) in [7, 11) is 0. The van der Waals surface area contributed by atoms with Crippen molar-refractivity contribution in [1.29, 1.82) is 0 Å². The third-order valence-electron chi connectivity index (χ3n) is 6.19. The lowest BCUT2D eigenvalue weighted by molar-refractivity contribution is -0.394. The van der Waals surface area contributed by atoms with E-state index in [-0.39, 0.29) is 11.4 Å². The Labute approximate surface area is 223 Å². The second-order valence-corrected chi connectivity index (χ2v) is 9.34. The third-order valence-corrected chi connectivity index (χ3v) is 6.72. The summed E-state index contributed by atoms with van der Waals surface area (Å²) in [6.07, 6.45) is 7.09. The summed E-state index contributed by atoms with van der Waals surface area (Å²) in [5.74, 6) is 0. The van der Waals surface area contributed by atoms with Crippen LogP contribution in [0.15, 0.2) is 89.8 Å². The first kappa shape index (κ1) is 23.4. The van der Waals surface area contributed by atoms with Crippen LogP contribution < -0.4 is 0 Å². The van der Waals surface area contributed by atoms with Gasteiger partial charge in [0, 0.05) is 51.4 Å². The molecule has 0 bridgehead atoms. The van der Waals surface area contributed by atoms with Crippen LogP contribution in [0.1, 0.15) is 16.7 Å². The Morgan fingerprint density at radius 2 is 1.47 bits per heavy atom. The summed E-state index contributed by atoms with van der Waals surface area (Å²) in [6, 6.07) is 18.7. The van der Waals surface area contributed by atoms with Crippen molar-refractivity contribution in [2.75, 3.05) is 0 Å². The molecule has 6 rings (SSSR count). The summed E-state index contributed by atoms with van der Waals surface area (Å²) >= 11 is 3.45. The zero-order valence-electron chi connectivity index (χ0n) is 19.4. The average molecular weight is 567 g/mol. The van der Waals surface area contributed by atoms with Gasteiger partial charge in [0.1, 0.15) is 5.69 Å². The van der Waals surface area contributed by atoms with E-state index in [9.17, 15) is 20.2 Å². The monoisotopic (exact) mass is 566 g/mol. The van der Waals surface area contributed by atoms with Gasteiger partial charge in [-0.05, 0) is 42.0 Å². The molecule has 0 fully saturated rings. The minimum atomic E-state index is -0.667. The van der Waals surface area contributed by atoms with E-state index in [2.05, 4.69) is 25.9 Å². The number of rotatable bonds is 5. The van der Waals surface area contributed by atoms with Crippen LogP contribution in [0.5, 0.6) is 0 Å². The molecule has 10 nitrogen and oxygen atoms in total. The molecule has 0 amide bonds. The van der Waals surface area contributed by atoms with Gasteiger partial charge in [-0.2, -0.15) is 5.10 Å². The molecule has 5 aromatic rings. The van der Waals surface area contributed by atoms with Crippen LogP contribution in [0.3, 0.4) is 0 Å². The second-order valence-electron chi connectivity index (χ2n) is 8.43. The summed E-state index contributed by atoms with van der Waals surface area (Å²) in [5.41, 5.74) is 5.66. The highest BCUT2D eigenvalue weighted by molar-refractivity contribution is 9.10. The number of pyridine rings is 2. The summed E-state index contributed by atoms with van der Waals surface area (Å²) < 4.78 is 2.27. The van der Waals surface area contributed by atoms with Gasteiger partial charge in [-0.3, -0.25) is 30.2 Å². The normalized spacial score (nSPS) is 11.7. The fourth-order valence-corrected chi connectivity index (χ4v) is 4.76. The molecule has 0 unspecified atom stereocenters. The Hall–Kier alpha value is -5.03. The molecular formula is C27H15BrN6O4. The number of nitrogens with zero attached hydrogens (tertiary/aromatic N) is 6. The van der Waals surface area contributed by atoms with Gasteiger partial charge in [0.2, 0.25) is 0 Å². The van der Waals surface area contributed by atoms with Gasteiger partial charge in [0.15, 0.2) is 0 Å². The predicted molar refractivity (Wildman–Crippen MR) is 144 cm³/mol. The van der Waals surface area contributed by atoms with Crippen molar-refractivity contribution in [1.82, 2.24) is 19.7 Å². The molecule has 2 aromatic carbocycles. The Morgan fingerprint density at radius 3 is 2.08 bits per heavy atom. The first-order valence-corrected chi connectivity index (χ1v) is 12.1. The molecule has 1 aliphatic carbocycles. The highest BCUT2D eigenvalue weighted by Gasteiger charge is 2.27. The Balaban J connectivity index is 1.59. The van der Waals surface area contributed by atoms with E-state index in [4.69, 9.17) is 5.10 Å². The number of benzene rings is 2. The summed E-state index contributed by atoms with van der Waals surface area (Å²) in [4.78, 5) is 30.8. The van der Waals surface area contributed by atoms with Gasteiger partial charge in [-0.1, -0.05) is 40.2 Å². The molecule has 0 saturated carbocycles. The molecule has 0 aliphatic heterocycles. The molecule has 0 spiro atoms. The van der Waals surface area contributed by atoms with Gasteiger partial charge in [0.05, 0.1) is 33.0 Å². The molecule has 3 heterocycles. The number of nitro groups is 2. The maximum absolute atomic E-state index is 11.8.